The minimum Gasteiger partial charge on any atom is -0.455 e. The van der Waals surface area contributed by atoms with Crippen LogP contribution in [0.15, 0.2) is 162 Å². The summed E-state index contributed by atoms with van der Waals surface area (Å²) in [6.45, 7) is 0. The highest BCUT2D eigenvalue weighted by Crippen LogP contribution is 2.41. The van der Waals surface area contributed by atoms with Crippen molar-refractivity contribution in [3.63, 3.8) is 0 Å². The standard InChI is InChI=1S/C43H29N3O/c1-3-12-29(13-4-1)35-26-27-37(39-36-19-9-10-21-38(36)47-40(35)39)43-45-41(31-15-5-2-6-16-31)44-42(46-43)32-24-22-30(23-25-32)34-20-11-17-28-14-7-8-18-33(28)34/h1-15,17-27,31H,16H2. The van der Waals surface area contributed by atoms with Crippen LogP contribution in [0, 0.1) is 0 Å². The average molecular weight is 604 g/mol. The summed E-state index contributed by atoms with van der Waals surface area (Å²) in [5.41, 5.74) is 8.05. The molecule has 47 heavy (non-hydrogen) atoms. The second-order valence-corrected chi connectivity index (χ2v) is 11.9. The highest BCUT2D eigenvalue weighted by molar-refractivity contribution is 6.15. The summed E-state index contributed by atoms with van der Waals surface area (Å²) in [5.74, 6) is 2.13. The fourth-order valence-electron chi connectivity index (χ4n) is 6.72. The molecule has 1 aliphatic rings. The van der Waals surface area contributed by atoms with Crippen LogP contribution in [0.3, 0.4) is 0 Å². The highest BCUT2D eigenvalue weighted by Gasteiger charge is 2.22. The zero-order valence-electron chi connectivity index (χ0n) is 25.5. The summed E-state index contributed by atoms with van der Waals surface area (Å²) in [4.78, 5) is 15.4. The van der Waals surface area contributed by atoms with Crippen molar-refractivity contribution in [2.45, 2.75) is 12.3 Å². The van der Waals surface area contributed by atoms with E-state index in [9.17, 15) is 0 Å². The lowest BCUT2D eigenvalue weighted by Gasteiger charge is -2.15. The molecule has 222 valence electrons. The molecule has 0 amide bonds. The van der Waals surface area contributed by atoms with Crippen molar-refractivity contribution in [2.24, 2.45) is 0 Å². The Morgan fingerprint density at radius 1 is 0.511 bits per heavy atom. The van der Waals surface area contributed by atoms with Gasteiger partial charge in [-0.25, -0.2) is 15.0 Å². The number of nitrogens with zero attached hydrogens (tertiary/aromatic N) is 3. The van der Waals surface area contributed by atoms with Crippen LogP contribution in [0.25, 0.3) is 77.7 Å². The van der Waals surface area contributed by atoms with E-state index in [0.29, 0.717) is 11.6 Å². The quantitative estimate of drug-likeness (QED) is 0.196. The number of rotatable bonds is 5. The molecule has 1 unspecified atom stereocenters. The van der Waals surface area contributed by atoms with Gasteiger partial charge in [0.15, 0.2) is 11.6 Å². The van der Waals surface area contributed by atoms with Gasteiger partial charge in [0.25, 0.3) is 0 Å². The first-order valence-electron chi connectivity index (χ1n) is 16.0. The third-order valence-corrected chi connectivity index (χ3v) is 9.06. The predicted octanol–water partition coefficient (Wildman–Crippen LogP) is 11.2. The maximum absolute atomic E-state index is 6.56. The van der Waals surface area contributed by atoms with Gasteiger partial charge in [0, 0.05) is 33.4 Å². The van der Waals surface area contributed by atoms with Crippen LogP contribution in [0.4, 0.5) is 0 Å². The van der Waals surface area contributed by atoms with Gasteiger partial charge in [-0.3, -0.25) is 0 Å². The molecule has 0 saturated carbocycles. The van der Waals surface area contributed by atoms with Crippen LogP contribution in [0.1, 0.15) is 18.2 Å². The van der Waals surface area contributed by atoms with E-state index in [1.807, 2.05) is 18.2 Å². The van der Waals surface area contributed by atoms with Crippen molar-refractivity contribution in [3.05, 3.63) is 164 Å². The SMILES string of the molecule is C1=CCC(c2nc(-c3ccc(-c4cccc5ccccc45)cc3)nc(-c3ccc(-c4ccccc4)c4oc5ccccc5c34)n2)C=C1. The summed E-state index contributed by atoms with van der Waals surface area (Å²) in [7, 11) is 0. The molecule has 1 aliphatic carbocycles. The monoisotopic (exact) mass is 603 g/mol. The normalized spacial score (nSPS) is 14.3. The van der Waals surface area contributed by atoms with Gasteiger partial charge in [-0.15, -0.1) is 0 Å². The van der Waals surface area contributed by atoms with E-state index in [0.717, 1.165) is 62.0 Å². The first-order chi connectivity index (χ1) is 23.3. The van der Waals surface area contributed by atoms with Gasteiger partial charge in [-0.1, -0.05) is 140 Å². The van der Waals surface area contributed by atoms with Crippen LogP contribution >= 0.6 is 0 Å². The molecule has 1 atom stereocenters. The molecule has 0 radical (unpaired) electrons. The lowest BCUT2D eigenvalue weighted by molar-refractivity contribution is 0.670. The molecular formula is C43H29N3O. The topological polar surface area (TPSA) is 51.8 Å². The number of allylic oxidation sites excluding steroid dienone is 4. The summed E-state index contributed by atoms with van der Waals surface area (Å²) in [5, 5.41) is 4.51. The van der Waals surface area contributed by atoms with E-state index in [-0.39, 0.29) is 5.92 Å². The van der Waals surface area contributed by atoms with Crippen LogP contribution in [0.2, 0.25) is 0 Å². The van der Waals surface area contributed by atoms with Crippen molar-refractivity contribution in [1.82, 2.24) is 15.0 Å². The smallest absolute Gasteiger partial charge is 0.164 e. The van der Waals surface area contributed by atoms with Crippen LogP contribution in [-0.4, -0.2) is 15.0 Å². The first-order valence-corrected chi connectivity index (χ1v) is 16.0. The Hall–Kier alpha value is -6.13. The molecule has 0 N–H and O–H groups in total. The predicted molar refractivity (Wildman–Crippen MR) is 192 cm³/mol. The van der Waals surface area contributed by atoms with Gasteiger partial charge in [0.05, 0.1) is 0 Å². The first kappa shape index (κ1) is 27.2. The molecule has 6 aromatic carbocycles. The molecule has 9 rings (SSSR count). The zero-order chi connectivity index (χ0) is 31.2. The van der Waals surface area contributed by atoms with Crippen molar-refractivity contribution in [1.29, 1.82) is 0 Å². The number of furan rings is 1. The molecule has 8 aromatic rings. The minimum absolute atomic E-state index is 0.0654. The molecule has 2 heterocycles. The summed E-state index contributed by atoms with van der Waals surface area (Å²) in [6, 6.07) is 46.4. The number of hydrogen-bond acceptors (Lipinski definition) is 4. The molecule has 0 spiro atoms. The lowest BCUT2D eigenvalue weighted by atomic mass is 9.97. The maximum atomic E-state index is 6.56. The van der Waals surface area contributed by atoms with Gasteiger partial charge in [0.1, 0.15) is 17.0 Å². The second kappa shape index (κ2) is 11.3. The van der Waals surface area contributed by atoms with Gasteiger partial charge in [-0.2, -0.15) is 0 Å². The fraction of sp³-hybridized carbons (Fsp3) is 0.0465. The van der Waals surface area contributed by atoms with E-state index in [1.54, 1.807) is 0 Å². The largest absolute Gasteiger partial charge is 0.455 e. The number of hydrogen-bond donors (Lipinski definition) is 0. The Balaban J connectivity index is 1.22. The lowest BCUT2D eigenvalue weighted by Crippen LogP contribution is -2.08. The Bertz CT molecular complexity index is 2490. The van der Waals surface area contributed by atoms with Crippen molar-refractivity contribution in [2.75, 3.05) is 0 Å². The molecule has 2 aromatic heterocycles. The third kappa shape index (κ3) is 4.82. The van der Waals surface area contributed by atoms with Crippen molar-refractivity contribution >= 4 is 32.7 Å². The summed E-state index contributed by atoms with van der Waals surface area (Å²) >= 11 is 0. The molecule has 0 fully saturated rings. The number of benzene rings is 6. The van der Waals surface area contributed by atoms with E-state index < -0.39 is 0 Å². The highest BCUT2D eigenvalue weighted by atomic mass is 16.3. The Morgan fingerprint density at radius 2 is 1.21 bits per heavy atom. The fourth-order valence-corrected chi connectivity index (χ4v) is 6.72. The average Bonchev–Trinajstić information content (AvgIpc) is 3.55. The zero-order valence-corrected chi connectivity index (χ0v) is 25.5. The molecule has 0 aliphatic heterocycles. The van der Waals surface area contributed by atoms with E-state index in [4.69, 9.17) is 19.4 Å². The third-order valence-electron chi connectivity index (χ3n) is 9.06. The number of fused-ring (bicyclic) bond motifs is 4. The van der Waals surface area contributed by atoms with Crippen molar-refractivity contribution in [3.8, 4) is 45.0 Å². The van der Waals surface area contributed by atoms with E-state index in [2.05, 4.69) is 140 Å². The molecule has 4 nitrogen and oxygen atoms in total. The Morgan fingerprint density at radius 3 is 2.06 bits per heavy atom. The molecule has 0 bridgehead atoms. The van der Waals surface area contributed by atoms with Gasteiger partial charge < -0.3 is 4.42 Å². The molecule has 4 heteroatoms. The van der Waals surface area contributed by atoms with Gasteiger partial charge in [-0.05, 0) is 52.1 Å². The van der Waals surface area contributed by atoms with Crippen LogP contribution in [0.5, 0.6) is 0 Å². The second-order valence-electron chi connectivity index (χ2n) is 11.9. The number of para-hydroxylation sites is 1. The van der Waals surface area contributed by atoms with Crippen molar-refractivity contribution < 1.29 is 4.42 Å². The summed E-state index contributed by atoms with van der Waals surface area (Å²) in [6.07, 6.45) is 9.34. The maximum Gasteiger partial charge on any atom is 0.164 e. The van der Waals surface area contributed by atoms with Crippen LogP contribution < -0.4 is 0 Å². The van der Waals surface area contributed by atoms with Crippen LogP contribution in [-0.2, 0) is 0 Å². The van der Waals surface area contributed by atoms with E-state index in [1.165, 1.54) is 16.3 Å². The number of aromatic nitrogens is 3. The molecule has 0 saturated heterocycles. The van der Waals surface area contributed by atoms with Gasteiger partial charge >= 0.3 is 0 Å². The van der Waals surface area contributed by atoms with E-state index >= 15 is 0 Å². The minimum atomic E-state index is 0.0654. The summed E-state index contributed by atoms with van der Waals surface area (Å²) < 4.78 is 6.56. The molecular weight excluding hydrogens is 574 g/mol. The Labute approximate surface area is 272 Å². The van der Waals surface area contributed by atoms with Gasteiger partial charge in [0.2, 0.25) is 0 Å². The Kier molecular flexibility index (Phi) is 6.57.